The zero-order valence-corrected chi connectivity index (χ0v) is 15.1. The van der Waals surface area contributed by atoms with E-state index in [1.807, 2.05) is 25.1 Å². The summed E-state index contributed by atoms with van der Waals surface area (Å²) in [4.78, 5) is 12.3. The van der Waals surface area contributed by atoms with Crippen molar-refractivity contribution in [2.24, 2.45) is 5.92 Å². The summed E-state index contributed by atoms with van der Waals surface area (Å²) in [5, 5.41) is 3.13. The molecule has 0 fully saturated rings. The molecule has 5 heteroatoms. The fraction of sp³-hybridized carbons (Fsp3) is 0.611. The van der Waals surface area contributed by atoms with Crippen molar-refractivity contribution in [1.82, 2.24) is 5.32 Å². The molecule has 0 saturated carbocycles. The number of hydrogen-bond acceptors (Lipinski definition) is 3. The molecular weight excluding hydrogens is 312 g/mol. The van der Waals surface area contributed by atoms with Gasteiger partial charge in [-0.2, -0.15) is 0 Å². The number of benzene rings is 1. The van der Waals surface area contributed by atoms with Crippen LogP contribution in [0.4, 0.5) is 5.69 Å². The maximum absolute atomic E-state index is 12.3. The largest absolute Gasteiger partial charge is 0.399 e. The van der Waals surface area contributed by atoms with Crippen molar-refractivity contribution in [3.05, 3.63) is 29.3 Å². The molecule has 0 saturated heterocycles. The van der Waals surface area contributed by atoms with E-state index in [0.717, 1.165) is 31.4 Å². The maximum atomic E-state index is 12.3. The number of anilines is 1. The molecule has 1 aliphatic rings. The summed E-state index contributed by atoms with van der Waals surface area (Å²) in [7, 11) is 0. The molecule has 1 aromatic carbocycles. The minimum absolute atomic E-state index is 0. The fourth-order valence-corrected chi connectivity index (χ4v) is 2.83. The van der Waals surface area contributed by atoms with Crippen molar-refractivity contribution in [3.8, 4) is 0 Å². The predicted molar refractivity (Wildman–Crippen MR) is 96.8 cm³/mol. The van der Waals surface area contributed by atoms with E-state index in [9.17, 15) is 4.79 Å². The van der Waals surface area contributed by atoms with E-state index >= 15 is 0 Å². The summed E-state index contributed by atoms with van der Waals surface area (Å²) in [6.45, 7) is 6.75. The van der Waals surface area contributed by atoms with Crippen LogP contribution in [0.3, 0.4) is 0 Å². The van der Waals surface area contributed by atoms with Gasteiger partial charge < -0.3 is 15.8 Å². The van der Waals surface area contributed by atoms with Gasteiger partial charge in [-0.3, -0.25) is 4.79 Å². The molecule has 2 unspecified atom stereocenters. The van der Waals surface area contributed by atoms with E-state index in [2.05, 4.69) is 19.2 Å². The number of aryl methyl sites for hydroxylation is 1. The van der Waals surface area contributed by atoms with Gasteiger partial charge in [-0.1, -0.05) is 19.9 Å². The van der Waals surface area contributed by atoms with Crippen LogP contribution in [0, 0.1) is 5.92 Å². The molecule has 0 spiro atoms. The summed E-state index contributed by atoms with van der Waals surface area (Å²) < 4.78 is 5.63. The van der Waals surface area contributed by atoms with E-state index in [0.29, 0.717) is 12.5 Å². The molecule has 0 heterocycles. The zero-order chi connectivity index (χ0) is 16.1. The van der Waals surface area contributed by atoms with Gasteiger partial charge >= 0.3 is 0 Å². The van der Waals surface area contributed by atoms with Gasteiger partial charge in [0, 0.05) is 12.3 Å². The van der Waals surface area contributed by atoms with Crippen LogP contribution in [-0.4, -0.2) is 18.6 Å². The Kier molecular flexibility index (Phi) is 7.86. The Balaban J connectivity index is 0.00000264. The SMILES string of the molecule is CC(C)CCOC(C)C(=O)NC1CCCc2cc(N)ccc21.Cl. The highest BCUT2D eigenvalue weighted by molar-refractivity contribution is 5.85. The quantitative estimate of drug-likeness (QED) is 0.777. The van der Waals surface area contributed by atoms with Crippen LogP contribution in [0.2, 0.25) is 0 Å². The van der Waals surface area contributed by atoms with E-state index in [-0.39, 0.29) is 24.4 Å². The highest BCUT2D eigenvalue weighted by Gasteiger charge is 2.24. The summed E-state index contributed by atoms with van der Waals surface area (Å²) in [6, 6.07) is 6.05. The molecule has 2 atom stereocenters. The van der Waals surface area contributed by atoms with Crippen LogP contribution in [-0.2, 0) is 16.0 Å². The standard InChI is InChI=1S/C18H28N2O2.ClH/c1-12(2)9-10-22-13(3)18(21)20-17-6-4-5-14-11-15(19)7-8-16(14)17;/h7-8,11-13,17H,4-6,9-10,19H2,1-3H3,(H,20,21);1H. The van der Waals surface area contributed by atoms with Crippen LogP contribution in [0.15, 0.2) is 18.2 Å². The third kappa shape index (κ3) is 5.70. The first-order chi connectivity index (χ1) is 10.5. The topological polar surface area (TPSA) is 64.3 Å². The molecular formula is C18H29ClN2O2. The average molecular weight is 341 g/mol. The first-order valence-electron chi connectivity index (χ1n) is 8.27. The first-order valence-corrected chi connectivity index (χ1v) is 8.27. The number of amides is 1. The number of hydrogen-bond donors (Lipinski definition) is 2. The van der Waals surface area contributed by atoms with Crippen molar-refractivity contribution in [2.45, 2.75) is 58.6 Å². The maximum Gasteiger partial charge on any atom is 0.249 e. The van der Waals surface area contributed by atoms with E-state index in [4.69, 9.17) is 10.5 Å². The van der Waals surface area contributed by atoms with Crippen LogP contribution in [0.25, 0.3) is 0 Å². The number of nitrogens with one attached hydrogen (secondary N) is 1. The zero-order valence-electron chi connectivity index (χ0n) is 14.3. The smallest absolute Gasteiger partial charge is 0.249 e. The van der Waals surface area contributed by atoms with Crippen LogP contribution >= 0.6 is 12.4 Å². The lowest BCUT2D eigenvalue weighted by molar-refractivity contribution is -0.132. The van der Waals surface area contributed by atoms with E-state index in [1.54, 1.807) is 0 Å². The second-order valence-corrected chi connectivity index (χ2v) is 6.61. The molecule has 0 radical (unpaired) electrons. The number of carbonyl (C=O) groups excluding carboxylic acids is 1. The highest BCUT2D eigenvalue weighted by Crippen LogP contribution is 2.31. The Morgan fingerprint density at radius 1 is 1.39 bits per heavy atom. The number of nitrogens with two attached hydrogens (primary N) is 1. The van der Waals surface area contributed by atoms with Gasteiger partial charge in [0.15, 0.2) is 0 Å². The fourth-order valence-electron chi connectivity index (χ4n) is 2.83. The molecule has 3 N–H and O–H groups in total. The van der Waals surface area contributed by atoms with Crippen molar-refractivity contribution in [2.75, 3.05) is 12.3 Å². The molecule has 2 rings (SSSR count). The number of carbonyl (C=O) groups is 1. The van der Waals surface area contributed by atoms with Crippen molar-refractivity contribution in [3.63, 3.8) is 0 Å². The van der Waals surface area contributed by atoms with Crippen molar-refractivity contribution >= 4 is 24.0 Å². The van der Waals surface area contributed by atoms with Gasteiger partial charge in [-0.15, -0.1) is 12.4 Å². The first kappa shape index (κ1) is 19.8. The second-order valence-electron chi connectivity index (χ2n) is 6.61. The number of rotatable bonds is 6. The Morgan fingerprint density at radius 3 is 2.83 bits per heavy atom. The van der Waals surface area contributed by atoms with E-state index in [1.165, 1.54) is 11.1 Å². The minimum atomic E-state index is -0.405. The lowest BCUT2D eigenvalue weighted by atomic mass is 9.87. The third-order valence-corrected chi connectivity index (χ3v) is 4.23. The third-order valence-electron chi connectivity index (χ3n) is 4.23. The predicted octanol–water partition coefficient (Wildman–Crippen LogP) is 3.64. The van der Waals surface area contributed by atoms with E-state index < -0.39 is 6.10 Å². The second kappa shape index (κ2) is 9.14. The molecule has 130 valence electrons. The van der Waals surface area contributed by atoms with Crippen LogP contribution < -0.4 is 11.1 Å². The summed E-state index contributed by atoms with van der Waals surface area (Å²) in [5.74, 6) is 0.560. The van der Waals surface area contributed by atoms with Crippen molar-refractivity contribution in [1.29, 1.82) is 0 Å². The normalized spacial score (nSPS) is 18.0. The monoisotopic (exact) mass is 340 g/mol. The number of fused-ring (bicyclic) bond motifs is 1. The molecule has 23 heavy (non-hydrogen) atoms. The summed E-state index contributed by atoms with van der Waals surface area (Å²) in [5.41, 5.74) is 9.09. The van der Waals surface area contributed by atoms with Crippen molar-refractivity contribution < 1.29 is 9.53 Å². The van der Waals surface area contributed by atoms with Gasteiger partial charge in [0.2, 0.25) is 5.91 Å². The number of halogens is 1. The Bertz CT molecular complexity index is 520. The Hall–Kier alpha value is -1.26. The highest BCUT2D eigenvalue weighted by atomic mass is 35.5. The van der Waals surface area contributed by atoms with Crippen LogP contribution in [0.5, 0.6) is 0 Å². The van der Waals surface area contributed by atoms with Gasteiger partial charge in [0.1, 0.15) is 6.10 Å². The molecule has 0 aliphatic heterocycles. The van der Waals surface area contributed by atoms with Gasteiger partial charge in [0.05, 0.1) is 6.04 Å². The Labute approximate surface area is 145 Å². The molecule has 1 amide bonds. The van der Waals surface area contributed by atoms with Crippen LogP contribution in [0.1, 0.15) is 57.2 Å². The lowest BCUT2D eigenvalue weighted by Gasteiger charge is -2.28. The van der Waals surface area contributed by atoms with Gasteiger partial charge in [-0.25, -0.2) is 0 Å². The average Bonchev–Trinajstić information content (AvgIpc) is 2.46. The van der Waals surface area contributed by atoms with Gasteiger partial charge in [0.25, 0.3) is 0 Å². The molecule has 0 bridgehead atoms. The van der Waals surface area contributed by atoms with Gasteiger partial charge in [-0.05, 0) is 61.8 Å². The minimum Gasteiger partial charge on any atom is -0.399 e. The molecule has 1 aliphatic carbocycles. The summed E-state index contributed by atoms with van der Waals surface area (Å²) >= 11 is 0. The Morgan fingerprint density at radius 2 is 2.13 bits per heavy atom. The lowest BCUT2D eigenvalue weighted by Crippen LogP contribution is -2.38. The number of ether oxygens (including phenoxy) is 1. The number of nitrogen functional groups attached to an aromatic ring is 1. The molecule has 0 aromatic heterocycles. The summed E-state index contributed by atoms with van der Waals surface area (Å²) in [6.07, 6.45) is 3.65. The molecule has 1 aromatic rings. The molecule has 4 nitrogen and oxygen atoms in total.